The fraction of sp³-hybridized carbons (Fsp3) is 0.176. The topological polar surface area (TPSA) is 6.48 Å². The van der Waals surface area contributed by atoms with Crippen LogP contribution < -0.4 is 8.61 Å². The summed E-state index contributed by atoms with van der Waals surface area (Å²) in [4.78, 5) is 0. The number of hydrogen-bond donors (Lipinski definition) is 0. The number of rotatable bonds is 5. The molecule has 0 aliphatic carbocycles. The maximum Gasteiger partial charge on any atom is 0.0469 e. The molecular formula is C17H22N2S. The molecule has 3 heteroatoms. The van der Waals surface area contributed by atoms with Gasteiger partial charge in [-0.25, -0.2) is 0 Å². The smallest absolute Gasteiger partial charge is 0.0469 e. The van der Waals surface area contributed by atoms with E-state index in [-0.39, 0.29) is 0 Å². The first-order valence-electron chi connectivity index (χ1n) is 6.58. The number of para-hydroxylation sites is 2. The van der Waals surface area contributed by atoms with Crippen LogP contribution in [-0.2, 0) is 0 Å². The van der Waals surface area contributed by atoms with Gasteiger partial charge in [0.15, 0.2) is 0 Å². The molecular weight excluding hydrogens is 264 g/mol. The van der Waals surface area contributed by atoms with Crippen molar-refractivity contribution in [3.05, 3.63) is 72.7 Å². The second kappa shape index (κ2) is 6.06. The molecule has 0 N–H and O–H groups in total. The zero-order chi connectivity index (χ0) is 14.6. The highest BCUT2D eigenvalue weighted by molar-refractivity contribution is 8.37. The molecule has 0 aliphatic heterocycles. The third kappa shape index (κ3) is 2.68. The Morgan fingerprint density at radius 1 is 0.800 bits per heavy atom. The number of hydrogen-bond acceptors (Lipinski definition) is 2. The monoisotopic (exact) mass is 286 g/mol. The minimum Gasteiger partial charge on any atom is -0.318 e. The highest BCUT2D eigenvalue weighted by atomic mass is 32.3. The van der Waals surface area contributed by atoms with Crippen LogP contribution in [0.3, 0.4) is 0 Å². The van der Waals surface area contributed by atoms with E-state index >= 15 is 0 Å². The molecule has 0 aromatic heterocycles. The molecule has 0 heterocycles. The largest absolute Gasteiger partial charge is 0.318 e. The molecule has 0 bridgehead atoms. The van der Waals surface area contributed by atoms with Crippen LogP contribution in [0.15, 0.2) is 72.7 Å². The SMILES string of the molecule is C=CS(C)(N(C)c1ccccc1)N(C)c1ccccc1. The summed E-state index contributed by atoms with van der Waals surface area (Å²) in [5, 5.41) is 2.06. The Morgan fingerprint density at radius 2 is 1.15 bits per heavy atom. The van der Waals surface area contributed by atoms with Gasteiger partial charge in [0.25, 0.3) is 0 Å². The van der Waals surface area contributed by atoms with Crippen molar-refractivity contribution in [1.82, 2.24) is 0 Å². The van der Waals surface area contributed by atoms with E-state index in [4.69, 9.17) is 0 Å². The van der Waals surface area contributed by atoms with Crippen LogP contribution in [0.2, 0.25) is 0 Å². The van der Waals surface area contributed by atoms with E-state index in [1.165, 1.54) is 11.4 Å². The number of nitrogens with zero attached hydrogens (tertiary/aromatic N) is 2. The lowest BCUT2D eigenvalue weighted by atomic mass is 10.3. The fourth-order valence-electron chi connectivity index (χ4n) is 2.11. The molecule has 0 unspecified atom stereocenters. The summed E-state index contributed by atoms with van der Waals surface area (Å²) in [6.45, 7) is 4.08. The molecule has 0 saturated carbocycles. The van der Waals surface area contributed by atoms with Crippen molar-refractivity contribution in [2.75, 3.05) is 29.0 Å². The van der Waals surface area contributed by atoms with Gasteiger partial charge in [-0.15, -0.1) is 0 Å². The normalized spacial score (nSPS) is 11.8. The molecule has 0 saturated heterocycles. The van der Waals surface area contributed by atoms with Crippen molar-refractivity contribution in [3.63, 3.8) is 0 Å². The summed E-state index contributed by atoms with van der Waals surface area (Å²) in [5.74, 6) is 0. The van der Waals surface area contributed by atoms with Crippen LogP contribution >= 0.6 is 10.4 Å². The second-order valence-corrected chi connectivity index (χ2v) is 7.94. The Labute approximate surface area is 123 Å². The minimum atomic E-state index is -1.31. The zero-order valence-corrected chi connectivity index (χ0v) is 13.2. The van der Waals surface area contributed by atoms with E-state index in [1.807, 2.05) is 12.1 Å². The van der Waals surface area contributed by atoms with Gasteiger partial charge in [0.2, 0.25) is 0 Å². The quantitative estimate of drug-likeness (QED) is 0.788. The molecule has 0 fully saturated rings. The van der Waals surface area contributed by atoms with E-state index in [9.17, 15) is 0 Å². The first-order chi connectivity index (χ1) is 9.59. The maximum absolute atomic E-state index is 4.08. The zero-order valence-electron chi connectivity index (χ0n) is 12.4. The van der Waals surface area contributed by atoms with Gasteiger partial charge >= 0.3 is 0 Å². The first kappa shape index (κ1) is 14.5. The van der Waals surface area contributed by atoms with Gasteiger partial charge in [-0.2, -0.15) is 0 Å². The third-order valence-corrected chi connectivity index (χ3v) is 6.94. The average molecular weight is 286 g/mol. The van der Waals surface area contributed by atoms with Crippen molar-refractivity contribution in [1.29, 1.82) is 0 Å². The summed E-state index contributed by atoms with van der Waals surface area (Å²) in [6, 6.07) is 20.9. The molecule has 0 aliphatic rings. The van der Waals surface area contributed by atoms with E-state index in [0.29, 0.717) is 0 Å². The van der Waals surface area contributed by atoms with Gasteiger partial charge in [-0.05, 0) is 29.7 Å². The first-order valence-corrected chi connectivity index (χ1v) is 8.60. The predicted octanol–water partition coefficient (Wildman–Crippen LogP) is 4.67. The van der Waals surface area contributed by atoms with Crippen molar-refractivity contribution >= 4 is 21.8 Å². The van der Waals surface area contributed by atoms with Gasteiger partial charge in [-0.1, -0.05) is 53.4 Å². The third-order valence-electron chi connectivity index (χ3n) is 3.66. The molecule has 106 valence electrons. The second-order valence-electron chi connectivity index (χ2n) is 4.73. The van der Waals surface area contributed by atoms with Gasteiger partial charge in [-0.3, -0.25) is 0 Å². The van der Waals surface area contributed by atoms with Crippen LogP contribution in [-0.4, -0.2) is 20.4 Å². The number of anilines is 2. The van der Waals surface area contributed by atoms with E-state index in [1.54, 1.807) is 0 Å². The van der Waals surface area contributed by atoms with Crippen LogP contribution in [0.25, 0.3) is 0 Å². The molecule has 0 atom stereocenters. The summed E-state index contributed by atoms with van der Waals surface area (Å²) in [7, 11) is 2.95. The van der Waals surface area contributed by atoms with Crippen molar-refractivity contribution in [2.45, 2.75) is 0 Å². The highest BCUT2D eigenvalue weighted by Crippen LogP contribution is 2.54. The van der Waals surface area contributed by atoms with E-state index in [2.05, 4.69) is 89.5 Å². The lowest BCUT2D eigenvalue weighted by Gasteiger charge is -2.50. The molecule has 2 aromatic carbocycles. The summed E-state index contributed by atoms with van der Waals surface area (Å²) in [6.07, 6.45) is 2.25. The molecule has 2 nitrogen and oxygen atoms in total. The lowest BCUT2D eigenvalue weighted by Crippen LogP contribution is -2.33. The van der Waals surface area contributed by atoms with Gasteiger partial charge in [0.1, 0.15) is 0 Å². The molecule has 0 spiro atoms. The van der Waals surface area contributed by atoms with E-state index in [0.717, 1.165) is 0 Å². The molecule has 2 rings (SSSR count). The lowest BCUT2D eigenvalue weighted by molar-refractivity contribution is 1.26. The molecule has 0 radical (unpaired) electrons. The van der Waals surface area contributed by atoms with Crippen LogP contribution in [0.4, 0.5) is 11.4 Å². The molecule has 20 heavy (non-hydrogen) atoms. The van der Waals surface area contributed by atoms with Gasteiger partial charge < -0.3 is 8.61 Å². The summed E-state index contributed by atoms with van der Waals surface area (Å²) < 4.78 is 4.62. The average Bonchev–Trinajstić information content (AvgIpc) is 2.54. The van der Waals surface area contributed by atoms with E-state index < -0.39 is 10.4 Å². The summed E-state index contributed by atoms with van der Waals surface area (Å²) >= 11 is 0. The Morgan fingerprint density at radius 3 is 1.45 bits per heavy atom. The van der Waals surface area contributed by atoms with Crippen molar-refractivity contribution < 1.29 is 0 Å². The van der Waals surface area contributed by atoms with Crippen LogP contribution in [0.1, 0.15) is 0 Å². The molecule has 2 aromatic rings. The summed E-state index contributed by atoms with van der Waals surface area (Å²) in [5.41, 5.74) is 2.40. The standard InChI is InChI=1S/C17H22N2S/c1-5-20(4,18(2)16-12-8-6-9-13-16)19(3)17-14-10-7-11-15-17/h5-15H,1H2,2-4H3. The maximum atomic E-state index is 4.08. The number of benzene rings is 2. The minimum absolute atomic E-state index is 1.20. The predicted molar refractivity (Wildman–Crippen MR) is 93.4 cm³/mol. The van der Waals surface area contributed by atoms with Gasteiger partial charge in [0.05, 0.1) is 0 Å². The van der Waals surface area contributed by atoms with Crippen LogP contribution in [0, 0.1) is 0 Å². The molecule has 0 amide bonds. The highest BCUT2D eigenvalue weighted by Gasteiger charge is 2.25. The van der Waals surface area contributed by atoms with Crippen molar-refractivity contribution in [2.24, 2.45) is 0 Å². The van der Waals surface area contributed by atoms with Crippen molar-refractivity contribution in [3.8, 4) is 0 Å². The van der Waals surface area contributed by atoms with Crippen LogP contribution in [0.5, 0.6) is 0 Å². The Hall–Kier alpha value is -1.87. The Bertz CT molecular complexity index is 508. The Kier molecular flexibility index (Phi) is 4.40. The Balaban J connectivity index is 2.36. The fourth-order valence-corrected chi connectivity index (χ4v) is 4.02. The van der Waals surface area contributed by atoms with Gasteiger partial charge in [0, 0.05) is 31.7 Å².